The summed E-state index contributed by atoms with van der Waals surface area (Å²) in [6, 6.07) is 11.8. The normalized spacial score (nSPS) is 11.8. The van der Waals surface area contributed by atoms with E-state index in [9.17, 15) is 4.79 Å². The van der Waals surface area contributed by atoms with Gasteiger partial charge in [-0.2, -0.15) is 9.78 Å². The lowest BCUT2D eigenvalue weighted by Crippen LogP contribution is -2.16. The molecule has 5 nitrogen and oxygen atoms in total. The van der Waals surface area contributed by atoms with Crippen LogP contribution in [-0.4, -0.2) is 15.9 Å². The Labute approximate surface area is 154 Å². The third-order valence-corrected chi connectivity index (χ3v) is 5.09. The maximum absolute atomic E-state index is 12.8. The van der Waals surface area contributed by atoms with Crippen LogP contribution in [0, 0.1) is 0 Å². The van der Waals surface area contributed by atoms with Gasteiger partial charge >= 0.3 is 0 Å². The average molecular weight is 363 g/mol. The summed E-state index contributed by atoms with van der Waals surface area (Å²) in [5.41, 5.74) is 2.73. The maximum atomic E-state index is 12.8. The van der Waals surface area contributed by atoms with E-state index in [1.165, 1.54) is 27.9 Å². The van der Waals surface area contributed by atoms with E-state index in [-0.39, 0.29) is 5.56 Å². The molecule has 4 rings (SSSR count). The molecule has 1 aromatic carbocycles. The number of hydrogen-bond donors (Lipinski definition) is 0. The van der Waals surface area contributed by atoms with E-state index < -0.39 is 0 Å². The van der Waals surface area contributed by atoms with Crippen LogP contribution in [0.3, 0.4) is 0 Å². The molecule has 0 aliphatic carbocycles. The largest absolute Gasteiger partial charge is 0.464 e. The molecule has 0 aliphatic heterocycles. The van der Waals surface area contributed by atoms with Gasteiger partial charge < -0.3 is 4.42 Å². The second kappa shape index (κ2) is 6.72. The number of thiophene rings is 1. The summed E-state index contributed by atoms with van der Waals surface area (Å²) in [5.74, 6) is 1.13. The van der Waals surface area contributed by atoms with Gasteiger partial charge in [0.15, 0.2) is 0 Å². The Kier molecular flexibility index (Phi) is 4.26. The monoisotopic (exact) mass is 363 g/mol. The lowest BCUT2D eigenvalue weighted by atomic mass is 10.0. The number of furan rings is 1. The summed E-state index contributed by atoms with van der Waals surface area (Å²) in [4.78, 5) is 17.9. The van der Waals surface area contributed by atoms with Crippen LogP contribution in [0.25, 0.3) is 21.5 Å². The summed E-state index contributed by atoms with van der Waals surface area (Å²) >= 11 is 1.42. The fraction of sp³-hybridized carbons (Fsp3) is 0.150. The van der Waals surface area contributed by atoms with Gasteiger partial charge in [0, 0.05) is 10.9 Å². The van der Waals surface area contributed by atoms with E-state index in [1.807, 2.05) is 23.6 Å². The van der Waals surface area contributed by atoms with Gasteiger partial charge in [-0.3, -0.25) is 4.79 Å². The molecule has 0 unspecified atom stereocenters. The second-order valence-corrected chi connectivity index (χ2v) is 7.13. The van der Waals surface area contributed by atoms with Crippen LogP contribution in [0.5, 0.6) is 0 Å². The first-order valence-corrected chi connectivity index (χ1v) is 9.18. The Morgan fingerprint density at radius 3 is 2.73 bits per heavy atom. The van der Waals surface area contributed by atoms with Gasteiger partial charge in [0.25, 0.3) is 5.56 Å². The minimum atomic E-state index is -0.210. The van der Waals surface area contributed by atoms with Crippen LogP contribution in [0.4, 0.5) is 0 Å². The molecular formula is C20H17N3O2S. The molecule has 26 heavy (non-hydrogen) atoms. The van der Waals surface area contributed by atoms with Crippen molar-refractivity contribution in [3.63, 3.8) is 0 Å². The van der Waals surface area contributed by atoms with Crippen molar-refractivity contribution in [3.05, 3.63) is 75.8 Å². The highest BCUT2D eigenvalue weighted by atomic mass is 32.1. The average Bonchev–Trinajstić information content (AvgIpc) is 3.31. The Morgan fingerprint density at radius 1 is 1.23 bits per heavy atom. The highest BCUT2D eigenvalue weighted by Crippen LogP contribution is 2.30. The van der Waals surface area contributed by atoms with Crippen LogP contribution in [0.2, 0.25) is 0 Å². The molecule has 0 fully saturated rings. The molecule has 0 saturated heterocycles. The number of nitrogens with zero attached hydrogens (tertiary/aromatic N) is 3. The minimum Gasteiger partial charge on any atom is -0.464 e. The van der Waals surface area contributed by atoms with Crippen LogP contribution in [0.1, 0.15) is 30.9 Å². The Hall–Kier alpha value is -2.99. The van der Waals surface area contributed by atoms with E-state index in [0.717, 1.165) is 11.1 Å². The van der Waals surface area contributed by atoms with Crippen molar-refractivity contribution in [2.45, 2.75) is 19.8 Å². The van der Waals surface area contributed by atoms with Crippen LogP contribution >= 0.6 is 11.3 Å². The highest BCUT2D eigenvalue weighted by molar-refractivity contribution is 7.17. The molecule has 0 amide bonds. The first kappa shape index (κ1) is 16.5. The summed E-state index contributed by atoms with van der Waals surface area (Å²) in [6.07, 6.45) is 4.71. The lowest BCUT2D eigenvalue weighted by Gasteiger charge is -2.04. The summed E-state index contributed by atoms with van der Waals surface area (Å²) in [7, 11) is 0. The SMILES string of the molecule is CC(C)c1ccc(/C=N\n2cnc3scc(-c4ccco4)c3c2=O)cc1. The minimum absolute atomic E-state index is 0.210. The summed E-state index contributed by atoms with van der Waals surface area (Å²) < 4.78 is 6.69. The van der Waals surface area contributed by atoms with Crippen LogP contribution in [0.15, 0.2) is 68.7 Å². The molecule has 4 aromatic rings. The second-order valence-electron chi connectivity index (χ2n) is 6.27. The molecule has 0 spiro atoms. The zero-order valence-corrected chi connectivity index (χ0v) is 15.2. The molecule has 6 heteroatoms. The predicted molar refractivity (Wildman–Crippen MR) is 105 cm³/mol. The zero-order valence-electron chi connectivity index (χ0n) is 14.4. The van der Waals surface area contributed by atoms with Gasteiger partial charge in [-0.1, -0.05) is 38.1 Å². The molecule has 130 valence electrons. The van der Waals surface area contributed by atoms with Gasteiger partial charge in [-0.05, 0) is 29.2 Å². The molecular weight excluding hydrogens is 346 g/mol. The van der Waals surface area contributed by atoms with E-state index >= 15 is 0 Å². The van der Waals surface area contributed by atoms with Crippen molar-refractivity contribution in [2.75, 3.05) is 0 Å². The fourth-order valence-corrected chi connectivity index (χ4v) is 3.60. The highest BCUT2D eigenvalue weighted by Gasteiger charge is 2.14. The van der Waals surface area contributed by atoms with Crippen molar-refractivity contribution < 1.29 is 4.42 Å². The quantitative estimate of drug-likeness (QED) is 0.493. The number of benzene rings is 1. The molecule has 0 bridgehead atoms. The van der Waals surface area contributed by atoms with E-state index in [0.29, 0.717) is 21.9 Å². The number of hydrogen-bond acceptors (Lipinski definition) is 5. The molecule has 0 aliphatic rings. The molecule has 3 heterocycles. The van der Waals surface area contributed by atoms with Gasteiger partial charge in [-0.25, -0.2) is 4.98 Å². The van der Waals surface area contributed by atoms with E-state index in [1.54, 1.807) is 18.5 Å². The van der Waals surface area contributed by atoms with Crippen LogP contribution in [-0.2, 0) is 0 Å². The topological polar surface area (TPSA) is 60.4 Å². The van der Waals surface area contributed by atoms with Crippen molar-refractivity contribution in [1.29, 1.82) is 0 Å². The number of fused-ring (bicyclic) bond motifs is 1. The van der Waals surface area contributed by atoms with Crippen molar-refractivity contribution in [1.82, 2.24) is 9.66 Å². The Morgan fingerprint density at radius 2 is 2.04 bits per heavy atom. The number of rotatable bonds is 4. The fourth-order valence-electron chi connectivity index (χ4n) is 2.71. The lowest BCUT2D eigenvalue weighted by molar-refractivity contribution is 0.583. The third kappa shape index (κ3) is 2.99. The van der Waals surface area contributed by atoms with Crippen molar-refractivity contribution in [2.24, 2.45) is 5.10 Å². The van der Waals surface area contributed by atoms with Gasteiger partial charge in [0.2, 0.25) is 0 Å². The maximum Gasteiger partial charge on any atom is 0.283 e. The Balaban J connectivity index is 1.72. The van der Waals surface area contributed by atoms with Gasteiger partial charge in [0.1, 0.15) is 16.9 Å². The molecule has 0 radical (unpaired) electrons. The number of aromatic nitrogens is 2. The first-order chi connectivity index (χ1) is 12.6. The van der Waals surface area contributed by atoms with Gasteiger partial charge in [0.05, 0.1) is 17.9 Å². The van der Waals surface area contributed by atoms with Crippen molar-refractivity contribution >= 4 is 27.8 Å². The van der Waals surface area contributed by atoms with Crippen molar-refractivity contribution in [3.8, 4) is 11.3 Å². The molecule has 0 atom stereocenters. The molecule has 0 saturated carbocycles. The standard InChI is InChI=1S/C20H17N3O2S/c1-13(2)15-7-5-14(6-8-15)10-22-23-12-21-19-18(20(23)24)16(11-26-19)17-4-3-9-25-17/h3-13H,1-2H3/b22-10-. The zero-order chi connectivity index (χ0) is 18.1. The predicted octanol–water partition coefficient (Wildman–Crippen LogP) is 4.72. The molecule has 3 aromatic heterocycles. The van der Waals surface area contributed by atoms with Gasteiger partial charge in [-0.15, -0.1) is 11.3 Å². The summed E-state index contributed by atoms with van der Waals surface area (Å²) in [5, 5.41) is 6.71. The third-order valence-electron chi connectivity index (χ3n) is 4.20. The smallest absolute Gasteiger partial charge is 0.283 e. The van der Waals surface area contributed by atoms with Crippen LogP contribution < -0.4 is 5.56 Å². The first-order valence-electron chi connectivity index (χ1n) is 8.30. The van der Waals surface area contributed by atoms with E-state index in [4.69, 9.17) is 4.42 Å². The van der Waals surface area contributed by atoms with E-state index in [2.05, 4.69) is 36.1 Å². The molecule has 0 N–H and O–H groups in total. The Bertz CT molecular complexity index is 1120. The summed E-state index contributed by atoms with van der Waals surface area (Å²) in [6.45, 7) is 4.31.